The average molecular weight is 184 g/mol. The van der Waals surface area contributed by atoms with Crippen molar-refractivity contribution in [2.45, 2.75) is 32.6 Å². The molecule has 0 aromatic heterocycles. The number of methoxy groups -OCH3 is 1. The van der Waals surface area contributed by atoms with Crippen LogP contribution in [0.15, 0.2) is 5.10 Å². The fourth-order valence-corrected chi connectivity index (χ4v) is 1.61. The number of hydrogen-bond acceptors (Lipinski definition) is 3. The minimum Gasteiger partial charge on any atom is -0.452 e. The molecule has 0 aromatic rings. The molecule has 0 heterocycles. The Bertz CT molecular complexity index is 208. The first-order chi connectivity index (χ1) is 6.24. The summed E-state index contributed by atoms with van der Waals surface area (Å²) in [5.74, 6) is 0.553. The van der Waals surface area contributed by atoms with Crippen LogP contribution in [-0.4, -0.2) is 18.9 Å². The minimum absolute atomic E-state index is 0.502. The molecule has 1 rings (SSSR count). The highest BCUT2D eigenvalue weighted by Crippen LogP contribution is 2.25. The van der Waals surface area contributed by atoms with Crippen LogP contribution in [0.2, 0.25) is 0 Å². The number of nitrogens with one attached hydrogen (secondary N) is 1. The lowest BCUT2D eigenvalue weighted by molar-refractivity contribution is 0.171. The van der Waals surface area contributed by atoms with Crippen molar-refractivity contribution in [3.63, 3.8) is 0 Å². The van der Waals surface area contributed by atoms with Crippen molar-refractivity contribution in [1.82, 2.24) is 5.43 Å². The van der Waals surface area contributed by atoms with Gasteiger partial charge in [0, 0.05) is 5.71 Å². The van der Waals surface area contributed by atoms with E-state index in [0.717, 1.165) is 5.71 Å². The van der Waals surface area contributed by atoms with Crippen molar-refractivity contribution in [1.29, 1.82) is 0 Å². The van der Waals surface area contributed by atoms with Crippen molar-refractivity contribution in [2.75, 3.05) is 7.11 Å². The summed E-state index contributed by atoms with van der Waals surface area (Å²) >= 11 is 0. The first-order valence-corrected chi connectivity index (χ1v) is 4.62. The molecule has 0 spiro atoms. The van der Waals surface area contributed by atoms with Crippen molar-refractivity contribution in [3.05, 3.63) is 0 Å². The van der Waals surface area contributed by atoms with E-state index in [9.17, 15) is 4.79 Å². The first kappa shape index (κ1) is 10.0. The standard InChI is InChI=1S/C9H16N2O2/c1-7(8-5-3-4-6-8)10-11-9(12)13-2/h8H,3-6H2,1-2H3,(H,11,12)/b10-7+. The third kappa shape index (κ3) is 3.05. The van der Waals surface area contributed by atoms with Gasteiger partial charge in [0.05, 0.1) is 7.11 Å². The van der Waals surface area contributed by atoms with E-state index in [1.807, 2.05) is 6.92 Å². The highest BCUT2D eigenvalue weighted by molar-refractivity contribution is 5.85. The molecular weight excluding hydrogens is 168 g/mol. The second-order valence-corrected chi connectivity index (χ2v) is 3.34. The van der Waals surface area contributed by atoms with E-state index < -0.39 is 6.09 Å². The molecule has 1 fully saturated rings. The van der Waals surface area contributed by atoms with Gasteiger partial charge < -0.3 is 4.74 Å². The molecule has 1 aliphatic carbocycles. The number of carbonyl (C=O) groups excluding carboxylic acids is 1. The molecule has 4 nitrogen and oxygen atoms in total. The summed E-state index contributed by atoms with van der Waals surface area (Å²) < 4.78 is 4.41. The van der Waals surface area contributed by atoms with Gasteiger partial charge in [0.1, 0.15) is 0 Å². The van der Waals surface area contributed by atoms with E-state index in [0.29, 0.717) is 5.92 Å². The number of hydrazone groups is 1. The summed E-state index contributed by atoms with van der Waals surface area (Å²) in [5.41, 5.74) is 3.34. The van der Waals surface area contributed by atoms with Crippen molar-refractivity contribution >= 4 is 11.8 Å². The fraction of sp³-hybridized carbons (Fsp3) is 0.778. The molecule has 0 unspecified atom stereocenters. The predicted molar refractivity (Wildman–Crippen MR) is 50.6 cm³/mol. The normalized spacial score (nSPS) is 18.8. The smallest absolute Gasteiger partial charge is 0.427 e. The van der Waals surface area contributed by atoms with E-state index in [4.69, 9.17) is 0 Å². The minimum atomic E-state index is -0.502. The average Bonchev–Trinajstić information content (AvgIpc) is 2.66. The fourth-order valence-electron chi connectivity index (χ4n) is 1.61. The molecule has 0 aromatic carbocycles. The van der Waals surface area contributed by atoms with E-state index in [1.165, 1.54) is 32.8 Å². The maximum absolute atomic E-state index is 10.7. The number of carbonyl (C=O) groups is 1. The maximum Gasteiger partial charge on any atom is 0.427 e. The van der Waals surface area contributed by atoms with Crippen LogP contribution in [0.4, 0.5) is 4.79 Å². The Labute approximate surface area is 78.3 Å². The van der Waals surface area contributed by atoms with Crippen LogP contribution < -0.4 is 5.43 Å². The molecule has 0 atom stereocenters. The molecule has 0 bridgehead atoms. The van der Waals surface area contributed by atoms with E-state index in [2.05, 4.69) is 15.3 Å². The summed E-state index contributed by atoms with van der Waals surface area (Å²) in [7, 11) is 1.33. The van der Waals surface area contributed by atoms with Crippen LogP contribution in [0.1, 0.15) is 32.6 Å². The topological polar surface area (TPSA) is 50.7 Å². The third-order valence-electron chi connectivity index (χ3n) is 2.45. The third-order valence-corrected chi connectivity index (χ3v) is 2.45. The second-order valence-electron chi connectivity index (χ2n) is 3.34. The van der Waals surface area contributed by atoms with Crippen LogP contribution in [0.25, 0.3) is 0 Å². The van der Waals surface area contributed by atoms with Gasteiger partial charge in [0.15, 0.2) is 0 Å². The summed E-state index contributed by atoms with van der Waals surface area (Å²) in [5, 5.41) is 3.97. The summed E-state index contributed by atoms with van der Waals surface area (Å²) in [6.07, 6.45) is 4.43. The second kappa shape index (κ2) is 4.84. The summed E-state index contributed by atoms with van der Waals surface area (Å²) in [4.78, 5) is 10.7. The van der Waals surface area contributed by atoms with E-state index in [1.54, 1.807) is 0 Å². The van der Waals surface area contributed by atoms with Crippen molar-refractivity contribution in [3.8, 4) is 0 Å². The van der Waals surface area contributed by atoms with E-state index >= 15 is 0 Å². The number of amides is 1. The molecule has 1 N–H and O–H groups in total. The van der Waals surface area contributed by atoms with Gasteiger partial charge in [-0.15, -0.1) is 0 Å². The monoisotopic (exact) mass is 184 g/mol. The van der Waals surface area contributed by atoms with Gasteiger partial charge in [-0.25, -0.2) is 10.2 Å². The molecule has 0 radical (unpaired) electrons. The van der Waals surface area contributed by atoms with Gasteiger partial charge in [-0.05, 0) is 25.7 Å². The molecule has 0 aliphatic heterocycles. The Morgan fingerprint density at radius 3 is 2.62 bits per heavy atom. The molecule has 4 heteroatoms. The number of rotatable bonds is 2. The highest BCUT2D eigenvalue weighted by Gasteiger charge is 2.17. The lowest BCUT2D eigenvalue weighted by Crippen LogP contribution is -2.20. The lowest BCUT2D eigenvalue weighted by atomic mass is 10.0. The first-order valence-electron chi connectivity index (χ1n) is 4.62. The zero-order chi connectivity index (χ0) is 9.68. The van der Waals surface area contributed by atoms with E-state index in [-0.39, 0.29) is 0 Å². The Kier molecular flexibility index (Phi) is 3.73. The Morgan fingerprint density at radius 2 is 2.08 bits per heavy atom. The molecule has 1 aliphatic rings. The Balaban J connectivity index is 2.36. The number of nitrogens with zero attached hydrogens (tertiary/aromatic N) is 1. The SMILES string of the molecule is COC(=O)N/N=C(\C)C1CCCC1. The predicted octanol–water partition coefficient (Wildman–Crippen LogP) is 1.91. The van der Waals surface area contributed by atoms with Crippen LogP contribution >= 0.6 is 0 Å². The van der Waals surface area contributed by atoms with Gasteiger partial charge in [-0.3, -0.25) is 0 Å². The van der Waals surface area contributed by atoms with Gasteiger partial charge in [0.25, 0.3) is 0 Å². The van der Waals surface area contributed by atoms with Crippen LogP contribution in [0, 0.1) is 5.92 Å². The molecule has 1 saturated carbocycles. The molecule has 1 amide bonds. The van der Waals surface area contributed by atoms with Gasteiger partial charge in [-0.1, -0.05) is 12.8 Å². The summed E-state index contributed by atoms with van der Waals surface area (Å²) in [6.45, 7) is 1.95. The van der Waals surface area contributed by atoms with Gasteiger partial charge in [0.2, 0.25) is 0 Å². The maximum atomic E-state index is 10.7. The van der Waals surface area contributed by atoms with Crippen LogP contribution in [-0.2, 0) is 4.74 Å². The number of hydrogen-bond donors (Lipinski definition) is 1. The molecular formula is C9H16N2O2. The summed E-state index contributed by atoms with van der Waals surface area (Å²) in [6, 6.07) is 0. The van der Waals surface area contributed by atoms with Crippen LogP contribution in [0.3, 0.4) is 0 Å². The molecule has 0 saturated heterocycles. The van der Waals surface area contributed by atoms with Crippen molar-refractivity contribution < 1.29 is 9.53 Å². The van der Waals surface area contributed by atoms with Crippen LogP contribution in [0.5, 0.6) is 0 Å². The quantitative estimate of drug-likeness (QED) is 0.526. The van der Waals surface area contributed by atoms with Gasteiger partial charge >= 0.3 is 6.09 Å². The molecule has 74 valence electrons. The Morgan fingerprint density at radius 1 is 1.46 bits per heavy atom. The van der Waals surface area contributed by atoms with Gasteiger partial charge in [-0.2, -0.15) is 5.10 Å². The Hall–Kier alpha value is -1.06. The largest absolute Gasteiger partial charge is 0.452 e. The lowest BCUT2D eigenvalue weighted by Gasteiger charge is -2.07. The molecule has 13 heavy (non-hydrogen) atoms. The zero-order valence-corrected chi connectivity index (χ0v) is 8.17. The highest BCUT2D eigenvalue weighted by atomic mass is 16.5. The zero-order valence-electron chi connectivity index (χ0n) is 8.17. The number of ether oxygens (including phenoxy) is 1. The van der Waals surface area contributed by atoms with Crippen molar-refractivity contribution in [2.24, 2.45) is 11.0 Å².